The summed E-state index contributed by atoms with van der Waals surface area (Å²) in [4.78, 5) is 32.9. The predicted octanol–water partition coefficient (Wildman–Crippen LogP) is 2.50. The fraction of sp³-hybridized carbons (Fsp3) is 0.0667. The Labute approximate surface area is 139 Å². The molecule has 126 valence electrons. The van der Waals surface area contributed by atoms with Crippen LogP contribution in [0.15, 0.2) is 35.5 Å². The van der Waals surface area contributed by atoms with Crippen LogP contribution in [0.25, 0.3) is 11.1 Å². The first-order valence-corrected chi connectivity index (χ1v) is 6.81. The lowest BCUT2D eigenvalue weighted by molar-refractivity contribution is -0.385. The third-order valence-corrected chi connectivity index (χ3v) is 3.83. The van der Waals surface area contributed by atoms with E-state index in [4.69, 9.17) is 0 Å². The molecule has 0 spiro atoms. The minimum absolute atomic E-state index is 0.0949. The zero-order chi connectivity index (χ0) is 18.3. The monoisotopic (exact) mass is 343 g/mol. The minimum atomic E-state index is -0.816. The SMILES string of the molecule is COC(=O)c1cc([N+](=O)[O-])cc2c1-c1ccc([N+](=O)[O-])cc1/C2=N/O. The fourth-order valence-electron chi connectivity index (χ4n) is 2.79. The van der Waals surface area contributed by atoms with Crippen LogP contribution in [0.1, 0.15) is 21.5 Å². The third-order valence-electron chi connectivity index (χ3n) is 3.83. The molecule has 0 heterocycles. The molecule has 0 radical (unpaired) electrons. The molecule has 1 aliphatic carbocycles. The normalized spacial score (nSPS) is 13.2. The van der Waals surface area contributed by atoms with Crippen LogP contribution >= 0.6 is 0 Å². The van der Waals surface area contributed by atoms with Gasteiger partial charge in [0.1, 0.15) is 5.71 Å². The van der Waals surface area contributed by atoms with E-state index in [2.05, 4.69) is 9.89 Å². The van der Waals surface area contributed by atoms with Crippen LogP contribution in [0, 0.1) is 20.2 Å². The van der Waals surface area contributed by atoms with Crippen molar-refractivity contribution < 1.29 is 24.6 Å². The first-order valence-electron chi connectivity index (χ1n) is 6.81. The van der Waals surface area contributed by atoms with Crippen molar-refractivity contribution in [1.82, 2.24) is 0 Å². The summed E-state index contributed by atoms with van der Waals surface area (Å²) >= 11 is 0. The molecule has 3 rings (SSSR count). The topological polar surface area (TPSA) is 145 Å². The minimum Gasteiger partial charge on any atom is -0.465 e. The van der Waals surface area contributed by atoms with Crippen LogP contribution in [-0.2, 0) is 4.74 Å². The molecular formula is C15H9N3O7. The number of hydrogen-bond acceptors (Lipinski definition) is 8. The van der Waals surface area contributed by atoms with E-state index in [0.29, 0.717) is 5.56 Å². The molecule has 25 heavy (non-hydrogen) atoms. The van der Waals surface area contributed by atoms with Crippen molar-refractivity contribution in [2.24, 2.45) is 5.16 Å². The number of fused-ring (bicyclic) bond motifs is 3. The van der Waals surface area contributed by atoms with Gasteiger partial charge in [-0.05, 0) is 11.6 Å². The maximum absolute atomic E-state index is 12.1. The van der Waals surface area contributed by atoms with Gasteiger partial charge in [-0.1, -0.05) is 5.16 Å². The summed E-state index contributed by atoms with van der Waals surface area (Å²) < 4.78 is 4.67. The van der Waals surface area contributed by atoms with Gasteiger partial charge in [0.25, 0.3) is 11.4 Å². The van der Waals surface area contributed by atoms with E-state index in [0.717, 1.165) is 19.2 Å². The summed E-state index contributed by atoms with van der Waals surface area (Å²) in [5, 5.41) is 34.6. The largest absolute Gasteiger partial charge is 0.465 e. The summed E-state index contributed by atoms with van der Waals surface area (Å²) in [6.45, 7) is 0. The summed E-state index contributed by atoms with van der Waals surface area (Å²) in [7, 11) is 1.13. The maximum atomic E-state index is 12.1. The van der Waals surface area contributed by atoms with Crippen LogP contribution in [-0.4, -0.2) is 33.8 Å². The average Bonchev–Trinajstić information content (AvgIpc) is 2.92. The number of carbonyl (C=O) groups excluding carboxylic acids is 1. The molecule has 0 saturated heterocycles. The Balaban J connectivity index is 2.38. The molecule has 0 atom stereocenters. The molecular weight excluding hydrogens is 334 g/mol. The van der Waals surface area contributed by atoms with E-state index in [1.54, 1.807) is 0 Å². The number of benzene rings is 2. The second-order valence-corrected chi connectivity index (χ2v) is 5.10. The Hall–Kier alpha value is -3.82. The zero-order valence-corrected chi connectivity index (χ0v) is 12.6. The molecule has 0 bridgehead atoms. The summed E-state index contributed by atoms with van der Waals surface area (Å²) in [5.74, 6) is -0.816. The first-order chi connectivity index (χ1) is 11.9. The van der Waals surface area contributed by atoms with Crippen molar-refractivity contribution >= 4 is 23.1 Å². The summed E-state index contributed by atoms with van der Waals surface area (Å²) in [6, 6.07) is 5.99. The Morgan fingerprint density at radius 3 is 2.24 bits per heavy atom. The van der Waals surface area contributed by atoms with E-state index >= 15 is 0 Å². The van der Waals surface area contributed by atoms with Gasteiger partial charge in [-0.25, -0.2) is 4.79 Å². The molecule has 1 aliphatic rings. The number of non-ortho nitro benzene ring substituents is 2. The van der Waals surface area contributed by atoms with Crippen LogP contribution in [0.5, 0.6) is 0 Å². The number of ether oxygens (including phenoxy) is 1. The Kier molecular flexibility index (Phi) is 3.64. The highest BCUT2D eigenvalue weighted by molar-refractivity contribution is 6.27. The van der Waals surface area contributed by atoms with Gasteiger partial charge in [-0.2, -0.15) is 0 Å². The molecule has 0 aliphatic heterocycles. The van der Waals surface area contributed by atoms with Crippen molar-refractivity contribution in [3.8, 4) is 11.1 Å². The molecule has 0 saturated carbocycles. The van der Waals surface area contributed by atoms with E-state index < -0.39 is 21.5 Å². The highest BCUT2D eigenvalue weighted by Crippen LogP contribution is 2.42. The molecule has 0 unspecified atom stereocenters. The lowest BCUT2D eigenvalue weighted by Crippen LogP contribution is -2.06. The molecule has 0 amide bonds. The molecule has 10 nitrogen and oxygen atoms in total. The van der Waals surface area contributed by atoms with Crippen LogP contribution in [0.3, 0.4) is 0 Å². The van der Waals surface area contributed by atoms with Gasteiger partial charge < -0.3 is 9.94 Å². The number of rotatable bonds is 3. The van der Waals surface area contributed by atoms with E-state index in [1.165, 1.54) is 18.2 Å². The fourth-order valence-corrected chi connectivity index (χ4v) is 2.79. The van der Waals surface area contributed by atoms with E-state index in [9.17, 15) is 30.2 Å². The number of nitrogens with zero attached hydrogens (tertiary/aromatic N) is 3. The summed E-state index contributed by atoms with van der Waals surface area (Å²) in [5.41, 5.74) is 0.108. The average molecular weight is 343 g/mol. The molecule has 2 aromatic rings. The van der Waals surface area contributed by atoms with E-state index in [1.807, 2.05) is 0 Å². The van der Waals surface area contributed by atoms with Gasteiger partial charge in [0.2, 0.25) is 0 Å². The van der Waals surface area contributed by atoms with Crippen molar-refractivity contribution in [3.63, 3.8) is 0 Å². The molecule has 1 N–H and O–H groups in total. The standard InChI is InChI=1S/C15H9N3O7/c1-25-15(19)12-6-8(18(23)24)5-11-13(12)9-3-2-7(17(21)22)4-10(9)14(11)16-20/h2-6,20H,1H3/b16-14-. The van der Waals surface area contributed by atoms with Crippen LogP contribution in [0.4, 0.5) is 11.4 Å². The lowest BCUT2D eigenvalue weighted by Gasteiger charge is -2.07. The smallest absolute Gasteiger partial charge is 0.338 e. The van der Waals surface area contributed by atoms with Crippen molar-refractivity contribution in [1.29, 1.82) is 0 Å². The van der Waals surface area contributed by atoms with E-state index in [-0.39, 0.29) is 33.7 Å². The quantitative estimate of drug-likeness (QED) is 0.333. The molecule has 0 aromatic heterocycles. The number of esters is 1. The van der Waals surface area contributed by atoms with Crippen LogP contribution < -0.4 is 0 Å². The number of oxime groups is 1. The molecule has 10 heteroatoms. The number of methoxy groups -OCH3 is 1. The van der Waals surface area contributed by atoms with Crippen LogP contribution in [0.2, 0.25) is 0 Å². The van der Waals surface area contributed by atoms with Gasteiger partial charge in [0.05, 0.1) is 22.5 Å². The number of carbonyl (C=O) groups is 1. The van der Waals surface area contributed by atoms with Crippen molar-refractivity contribution in [3.05, 3.63) is 67.3 Å². The second-order valence-electron chi connectivity index (χ2n) is 5.10. The highest BCUT2D eigenvalue weighted by atomic mass is 16.6. The van der Waals surface area contributed by atoms with Gasteiger partial charge in [0.15, 0.2) is 0 Å². The number of nitro benzene ring substituents is 2. The second kappa shape index (κ2) is 5.67. The Morgan fingerprint density at radius 2 is 1.68 bits per heavy atom. The molecule has 0 fully saturated rings. The Morgan fingerprint density at radius 1 is 1.04 bits per heavy atom. The lowest BCUT2D eigenvalue weighted by atomic mass is 9.98. The number of hydrogen-bond donors (Lipinski definition) is 1. The van der Waals surface area contributed by atoms with Gasteiger partial charge in [-0.15, -0.1) is 0 Å². The third kappa shape index (κ3) is 2.36. The molecule has 2 aromatic carbocycles. The number of nitro groups is 2. The first kappa shape index (κ1) is 16.1. The van der Waals surface area contributed by atoms with Gasteiger partial charge in [-0.3, -0.25) is 20.2 Å². The van der Waals surface area contributed by atoms with Gasteiger partial charge in [0, 0.05) is 41.0 Å². The van der Waals surface area contributed by atoms with Gasteiger partial charge >= 0.3 is 5.97 Å². The maximum Gasteiger partial charge on any atom is 0.338 e. The van der Waals surface area contributed by atoms with Crippen molar-refractivity contribution in [2.75, 3.05) is 7.11 Å². The van der Waals surface area contributed by atoms with Crippen molar-refractivity contribution in [2.45, 2.75) is 0 Å². The Bertz CT molecular complexity index is 981. The highest BCUT2D eigenvalue weighted by Gasteiger charge is 2.34. The zero-order valence-electron chi connectivity index (χ0n) is 12.6. The summed E-state index contributed by atoms with van der Waals surface area (Å²) in [6.07, 6.45) is 0. The predicted molar refractivity (Wildman–Crippen MR) is 84.0 cm³/mol.